The molecule has 1 N–H and O–H groups in total. The summed E-state index contributed by atoms with van der Waals surface area (Å²) >= 11 is 0. The number of rotatable bonds is 7. The number of ether oxygens (including phenoxy) is 2. The van der Waals surface area contributed by atoms with Crippen molar-refractivity contribution < 1.29 is 22.8 Å². The molecule has 0 bridgehead atoms. The summed E-state index contributed by atoms with van der Waals surface area (Å²) in [6.07, 6.45) is 1.22. The molecule has 0 fully saturated rings. The molecule has 1 heterocycles. The second-order valence-electron chi connectivity index (χ2n) is 3.78. The van der Waals surface area contributed by atoms with E-state index in [1.807, 2.05) is 0 Å². The molecular formula is C12H13F2N3O3. The summed E-state index contributed by atoms with van der Waals surface area (Å²) in [6.45, 7) is -2.27. The minimum atomic E-state index is -2.91. The molecule has 2 aromatic rings. The second kappa shape index (κ2) is 6.80. The number of hydrogen-bond donors (Lipinski definition) is 1. The van der Waals surface area contributed by atoms with E-state index in [0.717, 1.165) is 0 Å². The van der Waals surface area contributed by atoms with Gasteiger partial charge >= 0.3 is 6.61 Å². The summed E-state index contributed by atoms with van der Waals surface area (Å²) in [5.74, 6) is 0.749. The molecular weight excluding hydrogens is 272 g/mol. The van der Waals surface area contributed by atoms with Gasteiger partial charge in [0.2, 0.25) is 6.39 Å². The predicted octanol–water partition coefficient (Wildman–Crippen LogP) is 1.97. The Hall–Kier alpha value is -2.22. The van der Waals surface area contributed by atoms with Crippen LogP contribution >= 0.6 is 0 Å². The number of hydrogen-bond acceptors (Lipinski definition) is 6. The van der Waals surface area contributed by atoms with Gasteiger partial charge in [0.05, 0.1) is 13.7 Å². The first kappa shape index (κ1) is 14.2. The number of halogens is 2. The number of alkyl halides is 2. The molecule has 1 aromatic heterocycles. The Kier molecular flexibility index (Phi) is 4.83. The van der Waals surface area contributed by atoms with Crippen LogP contribution in [0.4, 0.5) is 8.78 Å². The zero-order chi connectivity index (χ0) is 14.4. The molecule has 0 aliphatic rings. The molecule has 2 rings (SSSR count). The van der Waals surface area contributed by atoms with Gasteiger partial charge in [-0.2, -0.15) is 13.8 Å². The maximum Gasteiger partial charge on any atom is 0.387 e. The van der Waals surface area contributed by atoms with Crippen molar-refractivity contribution in [2.24, 2.45) is 0 Å². The van der Waals surface area contributed by atoms with Crippen LogP contribution in [0.25, 0.3) is 0 Å². The van der Waals surface area contributed by atoms with Gasteiger partial charge in [0.15, 0.2) is 17.3 Å². The fourth-order valence-corrected chi connectivity index (χ4v) is 1.66. The van der Waals surface area contributed by atoms with Crippen molar-refractivity contribution in [1.82, 2.24) is 15.5 Å². The van der Waals surface area contributed by atoms with E-state index in [1.54, 1.807) is 18.2 Å². The minimum absolute atomic E-state index is 0.0191. The third-order valence-electron chi connectivity index (χ3n) is 2.49. The number of nitrogens with one attached hydrogen (secondary N) is 1. The van der Waals surface area contributed by atoms with Gasteiger partial charge in [-0.15, -0.1) is 0 Å². The van der Waals surface area contributed by atoms with Crippen LogP contribution in [0.2, 0.25) is 0 Å². The van der Waals surface area contributed by atoms with Crippen molar-refractivity contribution in [3.8, 4) is 11.5 Å². The van der Waals surface area contributed by atoms with Crippen LogP contribution < -0.4 is 14.8 Å². The van der Waals surface area contributed by atoms with Gasteiger partial charge in [0, 0.05) is 12.1 Å². The van der Waals surface area contributed by atoms with Crippen LogP contribution in [0, 0.1) is 0 Å². The van der Waals surface area contributed by atoms with Crippen LogP contribution in [0.3, 0.4) is 0 Å². The monoisotopic (exact) mass is 285 g/mol. The SMILES string of the molecule is COc1cccc(CNCc2ncon2)c1OC(F)F. The van der Waals surface area contributed by atoms with Crippen LogP contribution in [0.5, 0.6) is 11.5 Å². The highest BCUT2D eigenvalue weighted by Crippen LogP contribution is 2.32. The maximum absolute atomic E-state index is 12.4. The topological polar surface area (TPSA) is 69.4 Å². The lowest BCUT2D eigenvalue weighted by atomic mass is 10.2. The van der Waals surface area contributed by atoms with Crippen LogP contribution in [-0.4, -0.2) is 23.9 Å². The van der Waals surface area contributed by atoms with Gasteiger partial charge in [-0.1, -0.05) is 17.3 Å². The van der Waals surface area contributed by atoms with Crippen molar-refractivity contribution in [3.05, 3.63) is 36.0 Å². The molecule has 0 atom stereocenters. The van der Waals surface area contributed by atoms with E-state index >= 15 is 0 Å². The first-order valence-corrected chi connectivity index (χ1v) is 5.77. The molecule has 1 aromatic carbocycles. The average molecular weight is 285 g/mol. The van der Waals surface area contributed by atoms with E-state index < -0.39 is 6.61 Å². The Balaban J connectivity index is 2.05. The molecule has 0 spiro atoms. The first-order chi connectivity index (χ1) is 9.70. The summed E-state index contributed by atoms with van der Waals surface area (Å²) in [7, 11) is 1.39. The lowest BCUT2D eigenvalue weighted by Gasteiger charge is -2.14. The number of aromatic nitrogens is 2. The minimum Gasteiger partial charge on any atom is -0.493 e. The van der Waals surface area contributed by atoms with Gasteiger partial charge in [-0.3, -0.25) is 0 Å². The Morgan fingerprint density at radius 1 is 1.35 bits per heavy atom. The molecule has 6 nitrogen and oxygen atoms in total. The van der Waals surface area contributed by atoms with Crippen LogP contribution in [0.15, 0.2) is 29.1 Å². The summed E-state index contributed by atoms with van der Waals surface area (Å²) in [5, 5.41) is 6.63. The van der Waals surface area contributed by atoms with Crippen LogP contribution in [0.1, 0.15) is 11.4 Å². The lowest BCUT2D eigenvalue weighted by Crippen LogP contribution is -2.15. The van der Waals surface area contributed by atoms with Crippen molar-refractivity contribution in [2.45, 2.75) is 19.7 Å². The standard InChI is InChI=1S/C12H13F2N3O3/c1-18-9-4-2-3-8(11(9)20-12(13)14)5-15-6-10-16-7-19-17-10/h2-4,7,12,15H,5-6H2,1H3. The maximum atomic E-state index is 12.4. The fourth-order valence-electron chi connectivity index (χ4n) is 1.66. The molecule has 8 heteroatoms. The molecule has 0 radical (unpaired) electrons. The third-order valence-corrected chi connectivity index (χ3v) is 2.49. The van der Waals surface area contributed by atoms with Crippen LogP contribution in [-0.2, 0) is 13.1 Å². The van der Waals surface area contributed by atoms with E-state index in [1.165, 1.54) is 13.5 Å². The van der Waals surface area contributed by atoms with Gasteiger partial charge in [0.1, 0.15) is 0 Å². The number of methoxy groups -OCH3 is 1. The van der Waals surface area contributed by atoms with Gasteiger partial charge in [-0.05, 0) is 6.07 Å². The molecule has 0 amide bonds. The average Bonchev–Trinajstić information content (AvgIpc) is 2.93. The van der Waals surface area contributed by atoms with Crippen molar-refractivity contribution >= 4 is 0 Å². The highest BCUT2D eigenvalue weighted by Gasteiger charge is 2.15. The Labute approximate surface area is 113 Å². The zero-order valence-electron chi connectivity index (χ0n) is 10.7. The molecule has 0 saturated heterocycles. The quantitative estimate of drug-likeness (QED) is 0.838. The largest absolute Gasteiger partial charge is 0.493 e. The smallest absolute Gasteiger partial charge is 0.387 e. The number of nitrogens with zero attached hydrogens (tertiary/aromatic N) is 2. The van der Waals surface area contributed by atoms with E-state index in [0.29, 0.717) is 24.5 Å². The molecule has 0 unspecified atom stereocenters. The van der Waals surface area contributed by atoms with E-state index in [-0.39, 0.29) is 11.5 Å². The normalized spacial score (nSPS) is 10.8. The lowest BCUT2D eigenvalue weighted by molar-refractivity contribution is -0.0518. The predicted molar refractivity (Wildman–Crippen MR) is 64.5 cm³/mol. The fraction of sp³-hybridized carbons (Fsp3) is 0.333. The van der Waals surface area contributed by atoms with Gasteiger partial charge < -0.3 is 19.3 Å². The number of benzene rings is 1. The van der Waals surface area contributed by atoms with Crippen molar-refractivity contribution in [1.29, 1.82) is 0 Å². The van der Waals surface area contributed by atoms with Gasteiger partial charge in [-0.25, -0.2) is 0 Å². The first-order valence-electron chi connectivity index (χ1n) is 5.77. The Morgan fingerprint density at radius 3 is 2.85 bits per heavy atom. The number of para-hydroxylation sites is 1. The van der Waals surface area contributed by atoms with E-state index in [9.17, 15) is 8.78 Å². The van der Waals surface area contributed by atoms with E-state index in [2.05, 4.69) is 24.7 Å². The van der Waals surface area contributed by atoms with E-state index in [4.69, 9.17) is 4.74 Å². The highest BCUT2D eigenvalue weighted by atomic mass is 19.3. The van der Waals surface area contributed by atoms with Gasteiger partial charge in [0.25, 0.3) is 0 Å². The molecule has 0 aliphatic heterocycles. The highest BCUT2D eigenvalue weighted by molar-refractivity contribution is 5.46. The summed E-state index contributed by atoms with van der Waals surface area (Å²) < 4.78 is 39.0. The molecule has 0 aliphatic carbocycles. The Morgan fingerprint density at radius 2 is 2.20 bits per heavy atom. The molecule has 0 saturated carbocycles. The second-order valence-corrected chi connectivity index (χ2v) is 3.78. The molecule has 108 valence electrons. The summed E-state index contributed by atoms with van der Waals surface area (Å²) in [6, 6.07) is 4.92. The Bertz CT molecular complexity index is 535. The van der Waals surface area contributed by atoms with Crippen molar-refractivity contribution in [2.75, 3.05) is 7.11 Å². The zero-order valence-corrected chi connectivity index (χ0v) is 10.7. The third kappa shape index (κ3) is 3.64. The van der Waals surface area contributed by atoms with Crippen molar-refractivity contribution in [3.63, 3.8) is 0 Å². The summed E-state index contributed by atoms with van der Waals surface area (Å²) in [4.78, 5) is 3.84. The molecule has 20 heavy (non-hydrogen) atoms. The summed E-state index contributed by atoms with van der Waals surface area (Å²) in [5.41, 5.74) is 0.549.